The zero-order valence-corrected chi connectivity index (χ0v) is 13.0. The number of hydrogen-bond donors (Lipinski definition) is 2. The number of amides is 2. The molecule has 7 heteroatoms. The quantitative estimate of drug-likeness (QED) is 0.800. The van der Waals surface area contributed by atoms with Crippen LogP contribution in [0.1, 0.15) is 28.6 Å². The van der Waals surface area contributed by atoms with Gasteiger partial charge in [-0.1, -0.05) is 0 Å². The van der Waals surface area contributed by atoms with E-state index in [1.165, 1.54) is 0 Å². The van der Waals surface area contributed by atoms with E-state index in [2.05, 4.69) is 25.6 Å². The van der Waals surface area contributed by atoms with Gasteiger partial charge in [0.15, 0.2) is 0 Å². The summed E-state index contributed by atoms with van der Waals surface area (Å²) >= 11 is 1.66. The molecule has 2 aromatic heterocycles. The highest BCUT2D eigenvalue weighted by atomic mass is 32.1. The summed E-state index contributed by atoms with van der Waals surface area (Å²) in [7, 11) is 0. The first-order valence-electron chi connectivity index (χ1n) is 6.85. The van der Waals surface area contributed by atoms with Crippen molar-refractivity contribution in [2.24, 2.45) is 0 Å². The maximum atomic E-state index is 11.6. The average molecular weight is 305 g/mol. The summed E-state index contributed by atoms with van der Waals surface area (Å²) in [6.07, 6.45) is 3.46. The van der Waals surface area contributed by atoms with E-state index in [-0.39, 0.29) is 6.03 Å². The van der Waals surface area contributed by atoms with E-state index < -0.39 is 0 Å². The minimum absolute atomic E-state index is 0.179. The zero-order valence-electron chi connectivity index (χ0n) is 12.2. The van der Waals surface area contributed by atoms with E-state index >= 15 is 0 Å². The number of nitrogens with one attached hydrogen (secondary N) is 2. The predicted octanol–water partition coefficient (Wildman–Crippen LogP) is 1.98. The monoisotopic (exact) mass is 305 g/mol. The number of thiazole rings is 1. The number of urea groups is 1. The molecule has 2 N–H and O–H groups in total. The van der Waals surface area contributed by atoms with Crippen LogP contribution < -0.4 is 10.6 Å². The van der Waals surface area contributed by atoms with E-state index in [1.54, 1.807) is 23.6 Å². The van der Waals surface area contributed by atoms with Gasteiger partial charge in [0.1, 0.15) is 5.82 Å². The molecule has 0 fully saturated rings. The minimum Gasteiger partial charge on any atom is -0.338 e. The van der Waals surface area contributed by atoms with E-state index in [1.807, 2.05) is 19.2 Å². The Hall–Kier alpha value is -2.02. The molecule has 0 unspecified atom stereocenters. The van der Waals surface area contributed by atoms with Crippen molar-refractivity contribution in [2.75, 3.05) is 6.54 Å². The number of nitrogens with zero attached hydrogens (tertiary/aromatic N) is 3. The molecule has 0 spiro atoms. The number of hydrogen-bond acceptors (Lipinski definition) is 5. The summed E-state index contributed by atoms with van der Waals surface area (Å²) in [6, 6.07) is 1.61. The molecule has 0 aliphatic heterocycles. The lowest BCUT2D eigenvalue weighted by molar-refractivity contribution is 0.240. The van der Waals surface area contributed by atoms with Crippen LogP contribution in [-0.4, -0.2) is 27.5 Å². The second-order valence-corrected chi connectivity index (χ2v) is 5.63. The molecule has 2 heterocycles. The standard InChI is InChI=1S/C14H19N5OS/c1-10-9-21-13(18-10)4-3-6-16-14(20)17-8-12-5-7-15-11(2)19-12/h5,7,9H,3-4,6,8H2,1-2H3,(H2,16,17,20). The van der Waals surface area contributed by atoms with Crippen LogP contribution in [0.5, 0.6) is 0 Å². The van der Waals surface area contributed by atoms with Gasteiger partial charge in [-0.2, -0.15) is 0 Å². The third-order valence-corrected chi connectivity index (χ3v) is 3.81. The van der Waals surface area contributed by atoms with Gasteiger partial charge in [0.25, 0.3) is 0 Å². The second-order valence-electron chi connectivity index (χ2n) is 4.69. The Bertz CT molecular complexity index is 599. The Morgan fingerprint density at radius 1 is 1.29 bits per heavy atom. The third kappa shape index (κ3) is 5.47. The molecule has 0 radical (unpaired) electrons. The van der Waals surface area contributed by atoms with Crippen LogP contribution in [0.2, 0.25) is 0 Å². The molecule has 0 aromatic carbocycles. The van der Waals surface area contributed by atoms with Crippen molar-refractivity contribution in [1.29, 1.82) is 0 Å². The number of rotatable bonds is 6. The molecule has 0 saturated carbocycles. The van der Waals surface area contributed by atoms with Crippen LogP contribution in [0, 0.1) is 13.8 Å². The summed E-state index contributed by atoms with van der Waals surface area (Å²) in [5, 5.41) is 8.76. The van der Waals surface area contributed by atoms with E-state index in [4.69, 9.17) is 0 Å². The number of aryl methyl sites for hydroxylation is 3. The fourth-order valence-electron chi connectivity index (χ4n) is 1.80. The van der Waals surface area contributed by atoms with Gasteiger partial charge < -0.3 is 10.6 Å². The number of carbonyl (C=O) groups excluding carboxylic acids is 1. The van der Waals surface area contributed by atoms with E-state index in [9.17, 15) is 4.79 Å². The molecular formula is C14H19N5OS. The van der Waals surface area contributed by atoms with Gasteiger partial charge in [-0.25, -0.2) is 19.7 Å². The van der Waals surface area contributed by atoms with Gasteiger partial charge in [-0.3, -0.25) is 0 Å². The topological polar surface area (TPSA) is 79.8 Å². The highest BCUT2D eigenvalue weighted by Crippen LogP contribution is 2.10. The highest BCUT2D eigenvalue weighted by molar-refractivity contribution is 7.09. The largest absolute Gasteiger partial charge is 0.338 e. The van der Waals surface area contributed by atoms with Crippen LogP contribution >= 0.6 is 11.3 Å². The lowest BCUT2D eigenvalue weighted by Gasteiger charge is -2.07. The lowest BCUT2D eigenvalue weighted by Crippen LogP contribution is -2.35. The molecule has 2 aromatic rings. The Kier molecular flexibility index (Phi) is 5.62. The molecule has 6 nitrogen and oxygen atoms in total. The maximum Gasteiger partial charge on any atom is 0.315 e. The Balaban J connectivity index is 1.61. The molecule has 112 valence electrons. The highest BCUT2D eigenvalue weighted by Gasteiger charge is 2.02. The van der Waals surface area contributed by atoms with Gasteiger partial charge in [0, 0.05) is 30.2 Å². The summed E-state index contributed by atoms with van der Waals surface area (Å²) in [5.74, 6) is 0.702. The van der Waals surface area contributed by atoms with Crippen molar-refractivity contribution >= 4 is 17.4 Å². The normalized spacial score (nSPS) is 10.4. The SMILES string of the molecule is Cc1csc(CCCNC(=O)NCc2ccnc(C)n2)n1. The molecule has 0 bridgehead atoms. The number of carbonyl (C=O) groups is 1. The summed E-state index contributed by atoms with van der Waals surface area (Å²) in [5.41, 5.74) is 1.86. The van der Waals surface area contributed by atoms with E-state index in [0.717, 1.165) is 29.2 Å². The minimum atomic E-state index is -0.179. The lowest BCUT2D eigenvalue weighted by atomic mass is 10.3. The molecule has 2 rings (SSSR count). The first kappa shape index (κ1) is 15.4. The Labute approximate surface area is 128 Å². The van der Waals surface area contributed by atoms with E-state index in [0.29, 0.717) is 18.9 Å². The Morgan fingerprint density at radius 2 is 2.14 bits per heavy atom. The fourth-order valence-corrected chi connectivity index (χ4v) is 2.61. The molecule has 0 saturated heterocycles. The second kappa shape index (κ2) is 7.68. The van der Waals surface area contributed by atoms with Gasteiger partial charge in [-0.05, 0) is 26.3 Å². The van der Waals surface area contributed by atoms with Crippen molar-refractivity contribution in [2.45, 2.75) is 33.2 Å². The van der Waals surface area contributed by atoms with Crippen molar-refractivity contribution in [1.82, 2.24) is 25.6 Å². The smallest absolute Gasteiger partial charge is 0.315 e. The summed E-state index contributed by atoms with van der Waals surface area (Å²) < 4.78 is 0. The first-order chi connectivity index (χ1) is 10.1. The number of aromatic nitrogens is 3. The van der Waals surface area contributed by atoms with Crippen LogP contribution in [0.25, 0.3) is 0 Å². The zero-order chi connectivity index (χ0) is 15.1. The molecular weight excluding hydrogens is 286 g/mol. The molecule has 0 aliphatic rings. The molecule has 0 atom stereocenters. The molecule has 0 aliphatic carbocycles. The van der Waals surface area contributed by atoms with Crippen molar-refractivity contribution in [3.63, 3.8) is 0 Å². The summed E-state index contributed by atoms with van der Waals surface area (Å²) in [4.78, 5) is 24.3. The van der Waals surface area contributed by atoms with Gasteiger partial charge >= 0.3 is 6.03 Å². The van der Waals surface area contributed by atoms with Crippen LogP contribution in [-0.2, 0) is 13.0 Å². The maximum absolute atomic E-state index is 11.6. The summed E-state index contributed by atoms with van der Waals surface area (Å²) in [6.45, 7) is 4.85. The van der Waals surface area contributed by atoms with Gasteiger partial charge in [0.05, 0.1) is 17.2 Å². The first-order valence-corrected chi connectivity index (χ1v) is 7.72. The molecule has 21 heavy (non-hydrogen) atoms. The van der Waals surface area contributed by atoms with Crippen LogP contribution in [0.4, 0.5) is 4.79 Å². The van der Waals surface area contributed by atoms with Crippen LogP contribution in [0.15, 0.2) is 17.6 Å². The van der Waals surface area contributed by atoms with Crippen LogP contribution in [0.3, 0.4) is 0 Å². The molecule has 2 amide bonds. The van der Waals surface area contributed by atoms with Crippen molar-refractivity contribution in [3.8, 4) is 0 Å². The third-order valence-electron chi connectivity index (χ3n) is 2.78. The fraction of sp³-hybridized carbons (Fsp3) is 0.429. The Morgan fingerprint density at radius 3 is 2.86 bits per heavy atom. The average Bonchev–Trinajstić information content (AvgIpc) is 2.87. The van der Waals surface area contributed by atoms with Crippen molar-refractivity contribution in [3.05, 3.63) is 39.9 Å². The van der Waals surface area contributed by atoms with Gasteiger partial charge in [-0.15, -0.1) is 11.3 Å². The van der Waals surface area contributed by atoms with Crippen molar-refractivity contribution < 1.29 is 4.79 Å². The van der Waals surface area contributed by atoms with Gasteiger partial charge in [0.2, 0.25) is 0 Å². The predicted molar refractivity (Wildman–Crippen MR) is 82.2 cm³/mol.